The van der Waals surface area contributed by atoms with Crippen LogP contribution in [0.25, 0.3) is 0 Å². The molecular weight excluding hydrogens is 278 g/mol. The second-order valence-corrected chi connectivity index (χ2v) is 7.25. The Morgan fingerprint density at radius 3 is 2.50 bits per heavy atom. The van der Waals surface area contributed by atoms with Gasteiger partial charge in [-0.25, -0.2) is 17.5 Å². The molecule has 0 aromatic heterocycles. The van der Waals surface area contributed by atoms with Crippen molar-refractivity contribution in [1.82, 2.24) is 4.31 Å². The van der Waals surface area contributed by atoms with E-state index in [0.29, 0.717) is 12.5 Å². The molecule has 0 aliphatic heterocycles. The number of nitrogens with zero attached hydrogens (tertiary/aromatic N) is 1. The number of carboxylic acid groups (broad SMARTS) is 1. The average molecular weight is 297 g/mol. The summed E-state index contributed by atoms with van der Waals surface area (Å²) in [5.41, 5.74) is -0.175. The molecule has 20 heavy (non-hydrogen) atoms. The highest BCUT2D eigenvalue weighted by atomic mass is 32.2. The van der Waals surface area contributed by atoms with Gasteiger partial charge in [0, 0.05) is 13.6 Å². The van der Waals surface area contributed by atoms with Crippen LogP contribution in [0.2, 0.25) is 0 Å². The third-order valence-electron chi connectivity index (χ3n) is 3.80. The van der Waals surface area contributed by atoms with Gasteiger partial charge in [-0.2, -0.15) is 0 Å². The lowest BCUT2D eigenvalue weighted by Gasteiger charge is -2.21. The van der Waals surface area contributed by atoms with Crippen molar-refractivity contribution >= 4 is 16.0 Å². The lowest BCUT2D eigenvalue weighted by Crippen LogP contribution is -2.32. The first-order valence-electron chi connectivity index (χ1n) is 6.71. The summed E-state index contributed by atoms with van der Waals surface area (Å²) in [5, 5.41) is 9.11. The predicted molar refractivity (Wildman–Crippen MR) is 75.2 cm³/mol. The minimum absolute atomic E-state index is 0.131. The molecule has 0 bridgehead atoms. The molecule has 110 valence electrons. The minimum atomic E-state index is -3.75. The molecular formula is C14H19NO4S. The third-order valence-corrected chi connectivity index (χ3v) is 5.68. The summed E-state index contributed by atoms with van der Waals surface area (Å²) < 4.78 is 26.3. The molecule has 1 aliphatic carbocycles. The topological polar surface area (TPSA) is 74.7 Å². The molecule has 0 heterocycles. The van der Waals surface area contributed by atoms with Crippen LogP contribution in [0.15, 0.2) is 29.2 Å². The zero-order valence-electron chi connectivity index (χ0n) is 11.4. The van der Waals surface area contributed by atoms with E-state index >= 15 is 0 Å². The van der Waals surface area contributed by atoms with E-state index in [1.165, 1.54) is 29.6 Å². The fourth-order valence-electron chi connectivity index (χ4n) is 2.69. The molecule has 0 amide bonds. The normalized spacial score (nSPS) is 16.7. The Kier molecular flexibility index (Phi) is 4.45. The highest BCUT2D eigenvalue weighted by Crippen LogP contribution is 2.27. The van der Waals surface area contributed by atoms with E-state index in [0.717, 1.165) is 25.7 Å². The number of rotatable bonds is 5. The first kappa shape index (κ1) is 15.0. The van der Waals surface area contributed by atoms with Crippen LogP contribution in [0, 0.1) is 5.92 Å². The maximum Gasteiger partial charge on any atom is 0.337 e. The molecule has 2 rings (SSSR count). The Labute approximate surface area is 119 Å². The van der Waals surface area contributed by atoms with E-state index in [-0.39, 0.29) is 10.5 Å². The summed E-state index contributed by atoms with van der Waals surface area (Å²) in [6, 6.07) is 5.74. The molecule has 6 heteroatoms. The summed E-state index contributed by atoms with van der Waals surface area (Å²) >= 11 is 0. The van der Waals surface area contributed by atoms with Gasteiger partial charge >= 0.3 is 5.97 Å². The van der Waals surface area contributed by atoms with Crippen molar-refractivity contribution in [2.45, 2.75) is 30.6 Å². The lowest BCUT2D eigenvalue weighted by atomic mass is 10.1. The lowest BCUT2D eigenvalue weighted by molar-refractivity contribution is 0.0692. The first-order chi connectivity index (χ1) is 9.43. The van der Waals surface area contributed by atoms with Crippen LogP contribution in [-0.4, -0.2) is 37.4 Å². The monoisotopic (exact) mass is 297 g/mol. The van der Waals surface area contributed by atoms with E-state index in [1.807, 2.05) is 0 Å². The SMILES string of the molecule is CN(CC1CCCC1)S(=O)(=O)c1ccccc1C(=O)O. The number of benzene rings is 1. The van der Waals surface area contributed by atoms with Crippen LogP contribution in [0.3, 0.4) is 0 Å². The zero-order valence-corrected chi connectivity index (χ0v) is 12.3. The maximum absolute atomic E-state index is 12.5. The van der Waals surface area contributed by atoms with Gasteiger partial charge in [0.2, 0.25) is 10.0 Å². The smallest absolute Gasteiger partial charge is 0.337 e. The summed E-state index contributed by atoms with van der Waals surface area (Å²) in [5.74, 6) is -0.842. The van der Waals surface area contributed by atoms with Crippen molar-refractivity contribution in [1.29, 1.82) is 0 Å². The Hall–Kier alpha value is -1.40. The molecule has 5 nitrogen and oxygen atoms in total. The summed E-state index contributed by atoms with van der Waals surface area (Å²) in [6.45, 7) is 0.455. The minimum Gasteiger partial charge on any atom is -0.478 e. The quantitative estimate of drug-likeness (QED) is 0.904. The molecule has 0 radical (unpaired) electrons. The van der Waals surface area contributed by atoms with E-state index in [1.54, 1.807) is 6.07 Å². The summed E-state index contributed by atoms with van der Waals surface area (Å²) in [7, 11) is -2.23. The molecule has 0 unspecified atom stereocenters. The van der Waals surface area contributed by atoms with Crippen LogP contribution in [0.5, 0.6) is 0 Å². The van der Waals surface area contributed by atoms with Crippen molar-refractivity contribution < 1.29 is 18.3 Å². The number of carboxylic acids is 1. The van der Waals surface area contributed by atoms with Crippen LogP contribution in [0.4, 0.5) is 0 Å². The molecule has 1 aromatic carbocycles. The number of hydrogen-bond acceptors (Lipinski definition) is 3. The van der Waals surface area contributed by atoms with Gasteiger partial charge in [0.15, 0.2) is 0 Å². The van der Waals surface area contributed by atoms with Crippen LogP contribution in [-0.2, 0) is 10.0 Å². The van der Waals surface area contributed by atoms with E-state index in [2.05, 4.69) is 0 Å². The molecule has 0 atom stereocenters. The second kappa shape index (κ2) is 5.93. The Morgan fingerprint density at radius 1 is 1.30 bits per heavy atom. The molecule has 1 aromatic rings. The number of carbonyl (C=O) groups is 1. The van der Waals surface area contributed by atoms with Crippen LogP contribution >= 0.6 is 0 Å². The number of sulfonamides is 1. The number of hydrogen-bond donors (Lipinski definition) is 1. The molecule has 0 saturated heterocycles. The average Bonchev–Trinajstić information content (AvgIpc) is 2.91. The van der Waals surface area contributed by atoms with Gasteiger partial charge in [-0.05, 0) is 30.9 Å². The molecule has 1 aliphatic rings. The van der Waals surface area contributed by atoms with Gasteiger partial charge in [-0.1, -0.05) is 25.0 Å². The van der Waals surface area contributed by atoms with E-state index in [9.17, 15) is 13.2 Å². The summed E-state index contributed by atoms with van der Waals surface area (Å²) in [6.07, 6.45) is 4.37. The van der Waals surface area contributed by atoms with Gasteiger partial charge < -0.3 is 5.11 Å². The molecule has 1 saturated carbocycles. The highest BCUT2D eigenvalue weighted by Gasteiger charge is 2.28. The summed E-state index contributed by atoms with van der Waals surface area (Å²) in [4.78, 5) is 11.0. The van der Waals surface area contributed by atoms with E-state index < -0.39 is 16.0 Å². The molecule has 0 spiro atoms. The third kappa shape index (κ3) is 3.02. The maximum atomic E-state index is 12.5. The Bertz CT molecular complexity index is 591. The van der Waals surface area contributed by atoms with E-state index in [4.69, 9.17) is 5.11 Å². The second-order valence-electron chi connectivity index (χ2n) is 5.24. The molecule has 1 fully saturated rings. The Balaban J connectivity index is 2.27. The van der Waals surface area contributed by atoms with Crippen molar-refractivity contribution in [2.75, 3.05) is 13.6 Å². The zero-order chi connectivity index (χ0) is 14.8. The number of aromatic carboxylic acids is 1. The van der Waals surface area contributed by atoms with Crippen molar-refractivity contribution in [2.24, 2.45) is 5.92 Å². The largest absolute Gasteiger partial charge is 0.478 e. The van der Waals surface area contributed by atoms with Gasteiger partial charge in [0.25, 0.3) is 0 Å². The van der Waals surface area contributed by atoms with Gasteiger partial charge in [0.1, 0.15) is 0 Å². The molecule has 1 N–H and O–H groups in total. The Morgan fingerprint density at radius 2 is 1.90 bits per heavy atom. The standard InChI is InChI=1S/C14H19NO4S/c1-15(10-11-6-2-3-7-11)20(18,19)13-9-5-4-8-12(13)14(16)17/h4-5,8-9,11H,2-3,6-7,10H2,1H3,(H,16,17). The fraction of sp³-hybridized carbons (Fsp3) is 0.500. The van der Waals surface area contributed by atoms with Crippen molar-refractivity contribution in [3.8, 4) is 0 Å². The van der Waals surface area contributed by atoms with Gasteiger partial charge in [-0.15, -0.1) is 0 Å². The van der Waals surface area contributed by atoms with Crippen molar-refractivity contribution in [3.05, 3.63) is 29.8 Å². The highest BCUT2D eigenvalue weighted by molar-refractivity contribution is 7.89. The first-order valence-corrected chi connectivity index (χ1v) is 8.15. The van der Waals surface area contributed by atoms with Crippen molar-refractivity contribution in [3.63, 3.8) is 0 Å². The van der Waals surface area contributed by atoms with Crippen LogP contribution < -0.4 is 0 Å². The van der Waals surface area contributed by atoms with Crippen LogP contribution in [0.1, 0.15) is 36.0 Å². The van der Waals surface area contributed by atoms with Gasteiger partial charge in [-0.3, -0.25) is 0 Å². The fourth-order valence-corrected chi connectivity index (χ4v) is 4.12. The predicted octanol–water partition coefficient (Wildman–Crippen LogP) is 2.20. The van der Waals surface area contributed by atoms with Gasteiger partial charge in [0.05, 0.1) is 10.5 Å².